The zero-order chi connectivity index (χ0) is 23.2. The van der Waals surface area contributed by atoms with Gasteiger partial charge in [-0.2, -0.15) is 4.98 Å². The Morgan fingerprint density at radius 2 is 1.74 bits per heavy atom. The number of benzene rings is 2. The highest BCUT2D eigenvalue weighted by Gasteiger charge is 2.10. The number of rotatable bonds is 9. The predicted octanol–water partition coefficient (Wildman–Crippen LogP) is 4.61. The zero-order valence-corrected chi connectivity index (χ0v) is 19.8. The van der Waals surface area contributed by atoms with E-state index in [2.05, 4.69) is 49.9 Å². The number of pyridine rings is 1. The number of anilines is 2. The lowest BCUT2D eigenvalue weighted by Crippen LogP contribution is -2.37. The quantitative estimate of drug-likeness (QED) is 0.344. The van der Waals surface area contributed by atoms with E-state index in [-0.39, 0.29) is 0 Å². The summed E-state index contributed by atoms with van der Waals surface area (Å²) in [6.07, 6.45) is 1.15. The van der Waals surface area contributed by atoms with E-state index in [1.165, 1.54) is 5.56 Å². The largest absolute Gasteiger partial charge is 0.379 e. The molecule has 7 nitrogen and oxygen atoms in total. The van der Waals surface area contributed by atoms with E-state index in [1.54, 1.807) is 0 Å². The van der Waals surface area contributed by atoms with E-state index in [4.69, 9.17) is 16.3 Å². The van der Waals surface area contributed by atoms with Crippen molar-refractivity contribution in [1.29, 1.82) is 0 Å². The average Bonchev–Trinajstić information content (AvgIpc) is 3.29. The summed E-state index contributed by atoms with van der Waals surface area (Å²) in [7, 11) is 0. The van der Waals surface area contributed by atoms with Crippen LogP contribution in [0.1, 0.15) is 12.0 Å². The molecule has 176 valence electrons. The highest BCUT2D eigenvalue weighted by molar-refractivity contribution is 6.30. The molecule has 0 radical (unpaired) electrons. The lowest BCUT2D eigenvalue weighted by atomic mass is 10.1. The van der Waals surface area contributed by atoms with Gasteiger partial charge in [-0.05, 0) is 61.5 Å². The maximum Gasteiger partial charge on any atom is 0.247 e. The first kappa shape index (κ1) is 22.8. The maximum absolute atomic E-state index is 6.04. The molecule has 4 aromatic rings. The van der Waals surface area contributed by atoms with Crippen LogP contribution in [0.5, 0.6) is 0 Å². The second-order valence-corrected chi connectivity index (χ2v) is 8.87. The minimum atomic E-state index is 0.565. The molecular formula is C26H29ClN6O. The molecule has 8 heteroatoms. The van der Waals surface area contributed by atoms with E-state index in [0.29, 0.717) is 11.0 Å². The van der Waals surface area contributed by atoms with Gasteiger partial charge in [0.15, 0.2) is 5.65 Å². The SMILES string of the molecule is Clc1ccc(-c2cccc3nc(Nc4ccc(CNCCCN5CCOCC5)cc4)nn23)cc1. The Hall–Kier alpha value is -2.97. The molecule has 2 aromatic carbocycles. The molecule has 0 unspecified atom stereocenters. The van der Waals surface area contributed by atoms with Crippen LogP contribution in [0.2, 0.25) is 5.02 Å². The van der Waals surface area contributed by atoms with Crippen LogP contribution in [-0.4, -0.2) is 58.9 Å². The van der Waals surface area contributed by atoms with Gasteiger partial charge in [0.05, 0.1) is 18.9 Å². The molecule has 0 bridgehead atoms. The third kappa shape index (κ3) is 5.74. The van der Waals surface area contributed by atoms with Gasteiger partial charge in [-0.3, -0.25) is 4.90 Å². The third-order valence-electron chi connectivity index (χ3n) is 5.97. The number of fused-ring (bicyclic) bond motifs is 1. The normalized spacial score (nSPS) is 14.5. The van der Waals surface area contributed by atoms with E-state index in [9.17, 15) is 0 Å². The molecule has 34 heavy (non-hydrogen) atoms. The second kappa shape index (κ2) is 11.0. The Bertz CT molecular complexity index is 1200. The lowest BCUT2D eigenvalue weighted by Gasteiger charge is -2.26. The monoisotopic (exact) mass is 476 g/mol. The van der Waals surface area contributed by atoms with Crippen molar-refractivity contribution in [3.05, 3.63) is 77.3 Å². The summed E-state index contributed by atoms with van der Waals surface area (Å²) in [5.41, 5.74) is 5.00. The van der Waals surface area contributed by atoms with Crippen LogP contribution < -0.4 is 10.6 Å². The fourth-order valence-electron chi connectivity index (χ4n) is 4.12. The Labute approximate surface area is 204 Å². The molecule has 0 amide bonds. The van der Waals surface area contributed by atoms with Crippen molar-refractivity contribution < 1.29 is 4.74 Å². The minimum Gasteiger partial charge on any atom is -0.379 e. The highest BCUT2D eigenvalue weighted by Crippen LogP contribution is 2.23. The molecule has 0 atom stereocenters. The van der Waals surface area contributed by atoms with Gasteiger partial charge in [0.25, 0.3) is 0 Å². The van der Waals surface area contributed by atoms with Crippen LogP contribution in [0.15, 0.2) is 66.7 Å². The highest BCUT2D eigenvalue weighted by atomic mass is 35.5. The summed E-state index contributed by atoms with van der Waals surface area (Å²) in [6.45, 7) is 6.84. The maximum atomic E-state index is 6.04. The van der Waals surface area contributed by atoms with Crippen LogP contribution in [0.25, 0.3) is 16.9 Å². The first-order valence-corrected chi connectivity index (χ1v) is 12.1. The molecule has 0 saturated carbocycles. The number of hydrogen-bond donors (Lipinski definition) is 2. The van der Waals surface area contributed by atoms with Gasteiger partial charge < -0.3 is 15.4 Å². The van der Waals surface area contributed by atoms with Gasteiger partial charge in [-0.25, -0.2) is 4.52 Å². The number of hydrogen-bond acceptors (Lipinski definition) is 6. The third-order valence-corrected chi connectivity index (χ3v) is 6.22. The van der Waals surface area contributed by atoms with Crippen LogP contribution in [0, 0.1) is 0 Å². The first-order valence-electron chi connectivity index (χ1n) is 11.7. The second-order valence-electron chi connectivity index (χ2n) is 8.43. The first-order chi connectivity index (χ1) is 16.7. The number of morpholine rings is 1. The fourth-order valence-corrected chi connectivity index (χ4v) is 4.24. The molecule has 2 N–H and O–H groups in total. The van der Waals surface area contributed by atoms with E-state index >= 15 is 0 Å². The number of aromatic nitrogens is 3. The van der Waals surface area contributed by atoms with Crippen LogP contribution in [0.4, 0.5) is 11.6 Å². The predicted molar refractivity (Wildman–Crippen MR) is 137 cm³/mol. The standard InChI is InChI=1S/C26H29ClN6O/c27-22-9-7-21(8-10-22)24-3-1-4-25-30-26(31-33(24)25)29-23-11-5-20(6-12-23)19-28-13-2-14-32-15-17-34-18-16-32/h1,3-12,28H,2,13-19H2,(H,29,31). The Kier molecular flexibility index (Phi) is 7.36. The molecule has 3 heterocycles. The Balaban J connectivity index is 1.16. The molecule has 1 aliphatic rings. The summed E-state index contributed by atoms with van der Waals surface area (Å²) < 4.78 is 7.25. The van der Waals surface area contributed by atoms with E-state index in [1.807, 2.05) is 47.0 Å². The summed E-state index contributed by atoms with van der Waals surface area (Å²) in [5, 5.41) is 12.2. The number of ether oxygens (including phenoxy) is 1. The molecule has 1 fully saturated rings. The van der Waals surface area contributed by atoms with Gasteiger partial charge >= 0.3 is 0 Å². The van der Waals surface area contributed by atoms with Crippen LogP contribution in [-0.2, 0) is 11.3 Å². The summed E-state index contributed by atoms with van der Waals surface area (Å²) in [5.74, 6) is 0.565. The van der Waals surface area contributed by atoms with Crippen molar-refractivity contribution in [2.24, 2.45) is 0 Å². The molecule has 2 aromatic heterocycles. The van der Waals surface area contributed by atoms with E-state index < -0.39 is 0 Å². The molecule has 1 aliphatic heterocycles. The van der Waals surface area contributed by atoms with Gasteiger partial charge in [0.2, 0.25) is 5.95 Å². The van der Waals surface area contributed by atoms with Crippen molar-refractivity contribution in [2.75, 3.05) is 44.7 Å². The molecular weight excluding hydrogens is 448 g/mol. The average molecular weight is 477 g/mol. The van der Waals surface area contributed by atoms with Gasteiger partial charge in [-0.15, -0.1) is 5.10 Å². The van der Waals surface area contributed by atoms with Crippen molar-refractivity contribution in [2.45, 2.75) is 13.0 Å². The fraction of sp³-hybridized carbons (Fsp3) is 0.308. The minimum absolute atomic E-state index is 0.565. The van der Waals surface area contributed by atoms with Gasteiger partial charge in [0.1, 0.15) is 0 Å². The molecule has 0 spiro atoms. The number of nitrogens with zero attached hydrogens (tertiary/aromatic N) is 4. The van der Waals surface area contributed by atoms with Crippen molar-refractivity contribution in [3.8, 4) is 11.3 Å². The van der Waals surface area contributed by atoms with Crippen molar-refractivity contribution in [3.63, 3.8) is 0 Å². The van der Waals surface area contributed by atoms with Crippen molar-refractivity contribution in [1.82, 2.24) is 24.8 Å². The Morgan fingerprint density at radius 1 is 0.941 bits per heavy atom. The zero-order valence-electron chi connectivity index (χ0n) is 19.1. The number of nitrogens with one attached hydrogen (secondary N) is 2. The molecule has 0 aliphatic carbocycles. The van der Waals surface area contributed by atoms with Crippen LogP contribution >= 0.6 is 11.6 Å². The van der Waals surface area contributed by atoms with E-state index in [0.717, 1.165) is 75.0 Å². The summed E-state index contributed by atoms with van der Waals surface area (Å²) in [6, 6.07) is 22.1. The van der Waals surface area contributed by atoms with Gasteiger partial charge in [0, 0.05) is 35.9 Å². The van der Waals surface area contributed by atoms with Gasteiger partial charge in [-0.1, -0.05) is 41.9 Å². The number of halogens is 1. The topological polar surface area (TPSA) is 66.7 Å². The van der Waals surface area contributed by atoms with Crippen LogP contribution in [0.3, 0.4) is 0 Å². The molecule has 1 saturated heterocycles. The molecule has 5 rings (SSSR count). The smallest absolute Gasteiger partial charge is 0.247 e. The lowest BCUT2D eigenvalue weighted by molar-refractivity contribution is 0.0374. The summed E-state index contributed by atoms with van der Waals surface area (Å²) >= 11 is 6.04. The Morgan fingerprint density at radius 3 is 2.53 bits per heavy atom. The summed E-state index contributed by atoms with van der Waals surface area (Å²) in [4.78, 5) is 7.10. The van der Waals surface area contributed by atoms with Crippen molar-refractivity contribution >= 4 is 28.9 Å².